The first kappa shape index (κ1) is 34.0. The lowest BCUT2D eigenvalue weighted by Gasteiger charge is -2.20. The summed E-state index contributed by atoms with van der Waals surface area (Å²) in [5, 5.41) is 0. The Hall–Kier alpha value is -5.30. The Labute approximate surface area is 271 Å². The summed E-state index contributed by atoms with van der Waals surface area (Å²) in [7, 11) is -5.04. The van der Waals surface area contributed by atoms with Crippen molar-refractivity contribution < 1.29 is 49.0 Å². The van der Waals surface area contributed by atoms with Crippen LogP contribution in [0.4, 0.5) is 32.0 Å². The van der Waals surface area contributed by atoms with Crippen LogP contribution in [0.1, 0.15) is 44.3 Å². The molecule has 248 valence electrons. The molecule has 13 heteroatoms. The molecule has 0 bridgehead atoms. The van der Waals surface area contributed by atoms with Crippen molar-refractivity contribution in [1.29, 1.82) is 0 Å². The van der Waals surface area contributed by atoms with Gasteiger partial charge in [0.25, 0.3) is 10.0 Å². The lowest BCUT2D eigenvalue weighted by atomic mass is 10.0. The molecule has 48 heavy (non-hydrogen) atoms. The number of nitrogens with one attached hydrogen (secondary N) is 1. The number of para-hydroxylation sites is 1. The van der Waals surface area contributed by atoms with E-state index in [1.165, 1.54) is 36.4 Å². The van der Waals surface area contributed by atoms with Crippen LogP contribution < -0.4 is 9.46 Å². The molecular formula is C35H25F6NO5S. The number of carbonyl (C=O) groups excluding carboxylic acids is 1. The highest BCUT2D eigenvalue weighted by molar-refractivity contribution is 7.92. The molecule has 5 aromatic rings. The minimum atomic E-state index is -5.26. The Kier molecular flexibility index (Phi) is 9.53. The molecule has 0 spiro atoms. The number of alkyl halides is 6. The van der Waals surface area contributed by atoms with Gasteiger partial charge < -0.3 is 9.47 Å². The van der Waals surface area contributed by atoms with Crippen molar-refractivity contribution in [2.24, 2.45) is 0 Å². The van der Waals surface area contributed by atoms with Crippen molar-refractivity contribution in [3.63, 3.8) is 0 Å². The first-order chi connectivity index (χ1) is 22.6. The van der Waals surface area contributed by atoms with Gasteiger partial charge in [-0.05, 0) is 66.1 Å². The molecule has 6 nitrogen and oxygen atoms in total. The zero-order chi connectivity index (χ0) is 34.7. The number of rotatable bonds is 9. The Morgan fingerprint density at radius 3 is 1.73 bits per heavy atom. The molecule has 1 N–H and O–H groups in total. The van der Waals surface area contributed by atoms with Crippen LogP contribution in [0.25, 0.3) is 0 Å². The van der Waals surface area contributed by atoms with Crippen LogP contribution in [-0.4, -0.2) is 14.4 Å². The molecule has 0 unspecified atom stereocenters. The fourth-order valence-electron chi connectivity index (χ4n) is 4.70. The molecule has 5 aromatic carbocycles. The summed E-state index contributed by atoms with van der Waals surface area (Å²) < 4.78 is 121. The smallest absolute Gasteiger partial charge is 0.416 e. The van der Waals surface area contributed by atoms with Crippen LogP contribution in [0.3, 0.4) is 0 Å². The molecule has 0 aromatic heterocycles. The molecule has 0 radical (unpaired) electrons. The van der Waals surface area contributed by atoms with Gasteiger partial charge in [-0.2, -0.15) is 26.3 Å². The number of esters is 1. The summed E-state index contributed by atoms with van der Waals surface area (Å²) in [6.07, 6.45) is -11.3. The molecule has 5 rings (SSSR count). The second kappa shape index (κ2) is 13.4. The van der Waals surface area contributed by atoms with Crippen LogP contribution in [0.15, 0.2) is 126 Å². The molecule has 0 heterocycles. The van der Waals surface area contributed by atoms with Gasteiger partial charge in [-0.1, -0.05) is 78.9 Å². The minimum Gasteiger partial charge on any atom is -0.454 e. The van der Waals surface area contributed by atoms with Gasteiger partial charge in [-0.15, -0.1) is 0 Å². The zero-order valence-corrected chi connectivity index (χ0v) is 25.7. The van der Waals surface area contributed by atoms with Crippen molar-refractivity contribution in [3.8, 4) is 11.5 Å². The van der Waals surface area contributed by atoms with E-state index in [-0.39, 0.29) is 40.9 Å². The highest BCUT2D eigenvalue weighted by Crippen LogP contribution is 2.39. The average molecular weight is 686 g/mol. The standard InChI is InChI=1S/C35H25F6NO5S/c1-22-16-17-31(29(18-22)42-48(44,45)27-20-25(34(36,37)38)19-26(21-27)35(39,40)41)46-30-15-9-8-14-28(30)33(43)47-32(23-10-4-2-5-11-23)24-12-6-3-7-13-24/h2-21,32,42H,1H3. The van der Waals surface area contributed by atoms with Gasteiger partial charge in [-0.25, -0.2) is 13.2 Å². The first-order valence-electron chi connectivity index (χ1n) is 14.1. The first-order valence-corrected chi connectivity index (χ1v) is 15.6. The number of ether oxygens (including phenoxy) is 2. The van der Waals surface area contributed by atoms with Gasteiger partial charge in [0.15, 0.2) is 11.9 Å². The van der Waals surface area contributed by atoms with E-state index in [1.807, 2.05) is 16.9 Å². The third kappa shape index (κ3) is 7.97. The van der Waals surface area contributed by atoms with E-state index >= 15 is 0 Å². The largest absolute Gasteiger partial charge is 0.454 e. The van der Waals surface area contributed by atoms with Crippen LogP contribution in [-0.2, 0) is 27.1 Å². The van der Waals surface area contributed by atoms with E-state index in [0.29, 0.717) is 16.7 Å². The summed E-state index contributed by atoms with van der Waals surface area (Å²) in [6, 6.07) is 28.1. The molecule has 0 saturated carbocycles. The second-order valence-electron chi connectivity index (χ2n) is 10.6. The number of anilines is 1. The minimum absolute atomic E-state index is 0.0450. The molecule has 0 aliphatic heterocycles. The van der Waals surface area contributed by atoms with Crippen molar-refractivity contribution in [2.45, 2.75) is 30.3 Å². The van der Waals surface area contributed by atoms with Gasteiger partial charge >= 0.3 is 18.3 Å². The summed E-state index contributed by atoms with van der Waals surface area (Å²) in [5.41, 5.74) is -2.10. The summed E-state index contributed by atoms with van der Waals surface area (Å²) in [5.74, 6) is -1.05. The predicted molar refractivity (Wildman–Crippen MR) is 165 cm³/mol. The topological polar surface area (TPSA) is 81.7 Å². The van der Waals surface area contributed by atoms with E-state index in [4.69, 9.17) is 9.47 Å². The number of hydrogen-bond acceptors (Lipinski definition) is 5. The van der Waals surface area contributed by atoms with Crippen LogP contribution in [0, 0.1) is 6.92 Å². The van der Waals surface area contributed by atoms with E-state index < -0.39 is 50.5 Å². The molecular weight excluding hydrogens is 660 g/mol. The molecule has 0 aliphatic carbocycles. The van der Waals surface area contributed by atoms with E-state index in [0.717, 1.165) is 0 Å². The number of halogens is 6. The summed E-state index contributed by atoms with van der Waals surface area (Å²) in [6.45, 7) is 1.58. The number of benzene rings is 5. The highest BCUT2D eigenvalue weighted by atomic mass is 32.2. The predicted octanol–water partition coefficient (Wildman–Crippen LogP) is 9.57. The van der Waals surface area contributed by atoms with Gasteiger partial charge in [0, 0.05) is 0 Å². The Morgan fingerprint density at radius 2 is 1.19 bits per heavy atom. The highest BCUT2D eigenvalue weighted by Gasteiger charge is 2.38. The fraction of sp³-hybridized carbons (Fsp3) is 0.114. The molecule has 0 saturated heterocycles. The zero-order valence-electron chi connectivity index (χ0n) is 24.8. The number of sulfonamides is 1. The molecule has 0 aliphatic rings. The van der Waals surface area contributed by atoms with Gasteiger partial charge in [0.05, 0.1) is 21.7 Å². The maximum Gasteiger partial charge on any atom is 0.416 e. The summed E-state index contributed by atoms with van der Waals surface area (Å²) in [4.78, 5) is 12.3. The SMILES string of the molecule is Cc1ccc(Oc2ccccc2C(=O)OC(c2ccccc2)c2ccccc2)c(NS(=O)(=O)c2cc(C(F)(F)F)cc(C(F)(F)F)c2)c1. The molecule has 0 amide bonds. The monoisotopic (exact) mass is 685 g/mol. The van der Waals surface area contributed by atoms with Crippen LogP contribution in [0.2, 0.25) is 0 Å². The van der Waals surface area contributed by atoms with E-state index in [9.17, 15) is 39.6 Å². The lowest BCUT2D eigenvalue weighted by molar-refractivity contribution is -0.143. The fourth-order valence-corrected chi connectivity index (χ4v) is 5.83. The molecule has 0 atom stereocenters. The maximum absolute atomic E-state index is 13.6. The quantitative estimate of drug-likeness (QED) is 0.124. The van der Waals surface area contributed by atoms with Crippen molar-refractivity contribution >= 4 is 21.7 Å². The average Bonchev–Trinajstić information content (AvgIpc) is 3.04. The summed E-state index contributed by atoms with van der Waals surface area (Å²) >= 11 is 0. The van der Waals surface area contributed by atoms with Crippen molar-refractivity contribution in [1.82, 2.24) is 0 Å². The number of aryl methyl sites for hydroxylation is 1. The third-order valence-corrected chi connectivity index (χ3v) is 8.35. The Morgan fingerprint density at radius 1 is 0.667 bits per heavy atom. The Bertz CT molecular complexity index is 1960. The van der Waals surface area contributed by atoms with Gasteiger partial charge in [0.1, 0.15) is 11.3 Å². The van der Waals surface area contributed by atoms with Crippen molar-refractivity contribution in [2.75, 3.05) is 4.72 Å². The Balaban J connectivity index is 1.48. The number of hydrogen-bond donors (Lipinski definition) is 1. The van der Waals surface area contributed by atoms with Crippen LogP contribution >= 0.6 is 0 Å². The lowest BCUT2D eigenvalue weighted by Crippen LogP contribution is -2.18. The second-order valence-corrected chi connectivity index (χ2v) is 12.2. The third-order valence-electron chi connectivity index (χ3n) is 7.01. The number of carbonyl (C=O) groups is 1. The van der Waals surface area contributed by atoms with Gasteiger partial charge in [-0.3, -0.25) is 4.72 Å². The molecule has 0 fully saturated rings. The van der Waals surface area contributed by atoms with E-state index in [1.54, 1.807) is 61.5 Å². The van der Waals surface area contributed by atoms with Crippen molar-refractivity contribution in [3.05, 3.63) is 155 Å². The van der Waals surface area contributed by atoms with Gasteiger partial charge in [0.2, 0.25) is 0 Å². The van der Waals surface area contributed by atoms with Crippen LogP contribution in [0.5, 0.6) is 11.5 Å². The maximum atomic E-state index is 13.6. The van der Waals surface area contributed by atoms with E-state index in [2.05, 4.69) is 0 Å². The normalized spacial score (nSPS) is 12.1.